The first-order valence-corrected chi connectivity index (χ1v) is 6.35. The zero-order chi connectivity index (χ0) is 9.60. The molecule has 1 aliphatic heterocycles. The van der Waals surface area contributed by atoms with Gasteiger partial charge in [0.15, 0.2) is 0 Å². The van der Waals surface area contributed by atoms with Gasteiger partial charge in [-0.1, -0.05) is 0 Å². The van der Waals surface area contributed by atoms with E-state index in [9.17, 15) is 0 Å². The minimum atomic E-state index is -0.107. The average molecular weight is 209 g/mol. The molecule has 1 aromatic rings. The van der Waals surface area contributed by atoms with E-state index < -0.39 is 0 Å². The lowest BCUT2D eigenvalue weighted by Gasteiger charge is -2.06. The molecule has 3 nitrogen and oxygen atoms in total. The summed E-state index contributed by atoms with van der Waals surface area (Å²) >= 11 is 2.03. The Balaban J connectivity index is 1.82. The van der Waals surface area contributed by atoms with Gasteiger partial charge in [-0.25, -0.2) is 4.98 Å². The molecule has 1 unspecified atom stereocenters. The van der Waals surface area contributed by atoms with Crippen LogP contribution in [-0.4, -0.2) is 21.5 Å². The van der Waals surface area contributed by atoms with Gasteiger partial charge in [0.2, 0.25) is 0 Å². The molecular formula is C10H15N3S. The van der Waals surface area contributed by atoms with Gasteiger partial charge in [0.1, 0.15) is 5.82 Å². The van der Waals surface area contributed by atoms with Crippen molar-refractivity contribution in [1.82, 2.24) is 9.97 Å². The van der Waals surface area contributed by atoms with Gasteiger partial charge in [0, 0.05) is 23.6 Å². The number of hydrogen-bond acceptors (Lipinski definition) is 3. The van der Waals surface area contributed by atoms with Crippen molar-refractivity contribution in [3.05, 3.63) is 17.7 Å². The van der Waals surface area contributed by atoms with E-state index in [-0.39, 0.29) is 5.54 Å². The maximum Gasteiger partial charge on any atom is 0.126 e. The molecule has 2 aliphatic rings. The van der Waals surface area contributed by atoms with E-state index in [0.29, 0.717) is 5.92 Å². The lowest BCUT2D eigenvalue weighted by molar-refractivity contribution is 0.674. The smallest absolute Gasteiger partial charge is 0.126 e. The Bertz CT molecular complexity index is 337. The van der Waals surface area contributed by atoms with E-state index in [1.54, 1.807) is 0 Å². The third-order valence-electron chi connectivity index (χ3n) is 3.23. The summed E-state index contributed by atoms with van der Waals surface area (Å²) in [6, 6.07) is 0. The lowest BCUT2D eigenvalue weighted by atomic mass is 10.1. The first kappa shape index (κ1) is 8.80. The first-order chi connectivity index (χ1) is 6.78. The van der Waals surface area contributed by atoms with E-state index in [4.69, 9.17) is 5.73 Å². The molecule has 76 valence electrons. The van der Waals surface area contributed by atoms with E-state index >= 15 is 0 Å². The van der Waals surface area contributed by atoms with Crippen molar-refractivity contribution in [2.24, 2.45) is 5.73 Å². The van der Waals surface area contributed by atoms with E-state index in [2.05, 4.69) is 9.97 Å². The molecule has 3 N–H and O–H groups in total. The Hall–Kier alpha value is -0.480. The molecule has 0 spiro atoms. The summed E-state index contributed by atoms with van der Waals surface area (Å²) in [5.41, 5.74) is 7.27. The molecule has 0 radical (unpaired) electrons. The van der Waals surface area contributed by atoms with E-state index in [1.165, 1.54) is 23.6 Å². The predicted octanol–water partition coefficient (Wildman–Crippen LogP) is 1.58. The highest BCUT2D eigenvalue weighted by molar-refractivity contribution is 7.99. The topological polar surface area (TPSA) is 54.7 Å². The maximum absolute atomic E-state index is 6.08. The van der Waals surface area contributed by atoms with Gasteiger partial charge in [-0.15, -0.1) is 0 Å². The van der Waals surface area contributed by atoms with Crippen molar-refractivity contribution in [1.29, 1.82) is 0 Å². The largest absolute Gasteiger partial charge is 0.344 e. The fourth-order valence-electron chi connectivity index (χ4n) is 1.95. The number of imidazole rings is 1. The van der Waals surface area contributed by atoms with Crippen LogP contribution in [0.2, 0.25) is 0 Å². The molecule has 1 aliphatic carbocycles. The van der Waals surface area contributed by atoms with Crippen LogP contribution in [0.25, 0.3) is 0 Å². The monoisotopic (exact) mass is 209 g/mol. The van der Waals surface area contributed by atoms with Crippen LogP contribution in [0.4, 0.5) is 0 Å². The number of aromatic amines is 1. The number of nitrogens with two attached hydrogens (primary N) is 1. The summed E-state index contributed by atoms with van der Waals surface area (Å²) in [5.74, 6) is 4.21. The first-order valence-electron chi connectivity index (χ1n) is 5.20. The number of hydrogen-bond donors (Lipinski definition) is 2. The zero-order valence-corrected chi connectivity index (χ0v) is 8.94. The highest BCUT2D eigenvalue weighted by atomic mass is 32.2. The molecule has 0 bridgehead atoms. The van der Waals surface area contributed by atoms with Crippen LogP contribution in [0, 0.1) is 0 Å². The fourth-order valence-corrected chi connectivity index (χ4v) is 3.20. The maximum atomic E-state index is 6.08. The summed E-state index contributed by atoms with van der Waals surface area (Å²) < 4.78 is 0. The summed E-state index contributed by atoms with van der Waals surface area (Å²) in [5, 5.41) is 0. The number of nitrogens with zero attached hydrogens (tertiary/aromatic N) is 1. The van der Waals surface area contributed by atoms with Crippen molar-refractivity contribution < 1.29 is 0 Å². The lowest BCUT2D eigenvalue weighted by Crippen LogP contribution is -2.20. The standard InChI is InChI=1S/C10H15N3S/c11-10(2-3-10)9-12-5-8(13-9)7-1-4-14-6-7/h5,7H,1-4,6,11H2,(H,12,13). The molecule has 0 amide bonds. The normalized spacial score (nSPS) is 29.4. The van der Waals surface area contributed by atoms with Crippen LogP contribution in [-0.2, 0) is 5.54 Å². The van der Waals surface area contributed by atoms with Crippen LogP contribution in [0.1, 0.15) is 36.7 Å². The third-order valence-corrected chi connectivity index (χ3v) is 4.39. The van der Waals surface area contributed by atoms with Gasteiger partial charge in [-0.3, -0.25) is 0 Å². The summed E-state index contributed by atoms with van der Waals surface area (Å²) in [7, 11) is 0. The summed E-state index contributed by atoms with van der Waals surface area (Å²) in [4.78, 5) is 7.81. The SMILES string of the molecule is NC1(c2ncc(C3CCSC3)[nH]2)CC1. The minimum Gasteiger partial charge on any atom is -0.344 e. The zero-order valence-electron chi connectivity index (χ0n) is 8.12. The second-order valence-electron chi connectivity index (χ2n) is 4.40. The molecule has 4 heteroatoms. The molecule has 2 heterocycles. The molecular weight excluding hydrogens is 194 g/mol. The van der Waals surface area contributed by atoms with Crippen LogP contribution in [0.15, 0.2) is 6.20 Å². The second kappa shape index (κ2) is 3.00. The molecule has 0 aromatic carbocycles. The van der Waals surface area contributed by atoms with Gasteiger partial charge in [0.05, 0.1) is 5.54 Å². The Labute approximate surface area is 87.9 Å². The van der Waals surface area contributed by atoms with Gasteiger partial charge < -0.3 is 10.7 Å². The Kier molecular flexibility index (Phi) is 1.89. The molecule has 1 saturated heterocycles. The number of aromatic nitrogens is 2. The average Bonchev–Trinajstić information content (AvgIpc) is 2.73. The number of nitrogens with one attached hydrogen (secondary N) is 1. The van der Waals surface area contributed by atoms with Crippen molar-refractivity contribution in [2.45, 2.75) is 30.7 Å². The molecule has 1 atom stereocenters. The minimum absolute atomic E-state index is 0.107. The highest BCUT2D eigenvalue weighted by Gasteiger charge is 2.43. The van der Waals surface area contributed by atoms with Crippen LogP contribution in [0.3, 0.4) is 0 Å². The van der Waals surface area contributed by atoms with Crippen LogP contribution in [0.5, 0.6) is 0 Å². The van der Waals surface area contributed by atoms with Crippen molar-refractivity contribution >= 4 is 11.8 Å². The Morgan fingerprint density at radius 1 is 1.57 bits per heavy atom. The molecule has 14 heavy (non-hydrogen) atoms. The van der Waals surface area contributed by atoms with Gasteiger partial charge in [-0.2, -0.15) is 11.8 Å². The highest BCUT2D eigenvalue weighted by Crippen LogP contribution is 2.41. The molecule has 2 fully saturated rings. The predicted molar refractivity (Wildman–Crippen MR) is 58.4 cm³/mol. The molecule has 3 rings (SSSR count). The molecule has 1 saturated carbocycles. The number of rotatable bonds is 2. The van der Waals surface area contributed by atoms with E-state index in [0.717, 1.165) is 18.7 Å². The number of thioether (sulfide) groups is 1. The molecule has 1 aromatic heterocycles. The summed E-state index contributed by atoms with van der Waals surface area (Å²) in [6.07, 6.45) is 5.43. The Morgan fingerprint density at radius 2 is 2.43 bits per heavy atom. The van der Waals surface area contributed by atoms with Gasteiger partial charge in [-0.05, 0) is 25.0 Å². The Morgan fingerprint density at radius 3 is 3.07 bits per heavy atom. The van der Waals surface area contributed by atoms with Crippen LogP contribution < -0.4 is 5.73 Å². The van der Waals surface area contributed by atoms with Gasteiger partial charge in [0.25, 0.3) is 0 Å². The fraction of sp³-hybridized carbons (Fsp3) is 0.700. The number of H-pyrrole nitrogens is 1. The van der Waals surface area contributed by atoms with Crippen molar-refractivity contribution in [3.63, 3.8) is 0 Å². The van der Waals surface area contributed by atoms with Crippen molar-refractivity contribution in [3.8, 4) is 0 Å². The van der Waals surface area contributed by atoms with Gasteiger partial charge >= 0.3 is 0 Å². The van der Waals surface area contributed by atoms with Crippen molar-refractivity contribution in [2.75, 3.05) is 11.5 Å². The van der Waals surface area contributed by atoms with Crippen LogP contribution >= 0.6 is 11.8 Å². The quantitative estimate of drug-likeness (QED) is 0.777. The second-order valence-corrected chi connectivity index (χ2v) is 5.55. The van der Waals surface area contributed by atoms with E-state index in [1.807, 2.05) is 18.0 Å². The summed E-state index contributed by atoms with van der Waals surface area (Å²) in [6.45, 7) is 0. The third kappa shape index (κ3) is 1.37.